The molecule has 134 valence electrons. The molecule has 26 heavy (non-hydrogen) atoms. The summed E-state index contributed by atoms with van der Waals surface area (Å²) >= 11 is 0. The Kier molecular flexibility index (Phi) is 5.85. The third-order valence-corrected chi connectivity index (χ3v) is 6.25. The number of terminal acetylenes is 1. The maximum Gasteiger partial charge on any atom is 0.340 e. The van der Waals surface area contributed by atoms with E-state index in [0.29, 0.717) is 18.6 Å². The average molecular weight is 365 g/mol. The van der Waals surface area contributed by atoms with Gasteiger partial charge in [0.2, 0.25) is 0 Å². The zero-order valence-electron chi connectivity index (χ0n) is 14.6. The van der Waals surface area contributed by atoms with Crippen LogP contribution >= 0.6 is 0 Å². The van der Waals surface area contributed by atoms with Crippen molar-refractivity contribution in [1.82, 2.24) is 0 Å². The van der Waals surface area contributed by atoms with Gasteiger partial charge in [-0.05, 0) is 25.5 Å². The van der Waals surface area contributed by atoms with Crippen molar-refractivity contribution < 1.29 is 14.3 Å². The third-order valence-electron chi connectivity index (χ3n) is 4.37. The molecule has 4 heteroatoms. The zero-order chi connectivity index (χ0) is 18.5. The molecule has 0 N–H and O–H groups in total. The molecule has 1 saturated heterocycles. The number of ether oxygens (including phenoxy) is 2. The van der Waals surface area contributed by atoms with Crippen molar-refractivity contribution in [3.63, 3.8) is 0 Å². The van der Waals surface area contributed by atoms with Gasteiger partial charge in [-0.3, -0.25) is 0 Å². The maximum atomic E-state index is 12.4. The van der Waals surface area contributed by atoms with Crippen LogP contribution in [0.5, 0.6) is 0 Å². The van der Waals surface area contributed by atoms with Crippen LogP contribution in [0, 0.1) is 30.9 Å². The lowest BCUT2D eigenvalue weighted by atomic mass is 10.0. The van der Waals surface area contributed by atoms with Gasteiger partial charge in [0.05, 0.1) is 12.2 Å². The number of rotatable bonds is 2. The fourth-order valence-corrected chi connectivity index (χ4v) is 4.46. The van der Waals surface area contributed by atoms with Crippen molar-refractivity contribution in [3.8, 4) is 18.0 Å². The monoisotopic (exact) mass is 365 g/mol. The summed E-state index contributed by atoms with van der Waals surface area (Å²) in [4.78, 5) is 13.4. The molecule has 3 atom stereocenters. The highest BCUT2D eigenvalue weighted by Gasteiger charge is 2.30. The number of carbonyl (C=O) groups excluding carboxylic acids is 1. The van der Waals surface area contributed by atoms with E-state index in [1.54, 1.807) is 24.3 Å². The number of carbonyl (C=O) groups is 1. The van der Waals surface area contributed by atoms with Gasteiger partial charge in [0, 0.05) is 5.92 Å². The van der Waals surface area contributed by atoms with E-state index in [9.17, 15) is 4.79 Å². The first-order chi connectivity index (χ1) is 12.6. The highest BCUT2D eigenvalue weighted by atomic mass is 32.2. The Morgan fingerprint density at radius 1 is 1.19 bits per heavy atom. The van der Waals surface area contributed by atoms with Gasteiger partial charge in [0.1, 0.15) is 0 Å². The van der Waals surface area contributed by atoms with Crippen LogP contribution in [0.15, 0.2) is 59.5 Å². The van der Waals surface area contributed by atoms with Crippen molar-refractivity contribution in [2.24, 2.45) is 5.92 Å². The number of hydrogen-bond donors (Lipinski definition) is 0. The molecule has 0 aliphatic carbocycles. The van der Waals surface area contributed by atoms with E-state index in [1.807, 2.05) is 37.3 Å². The highest BCUT2D eigenvalue weighted by Crippen LogP contribution is 2.28. The predicted molar refractivity (Wildman–Crippen MR) is 104 cm³/mol. The minimum atomic E-state index is -0.707. The van der Waals surface area contributed by atoms with E-state index in [0.717, 1.165) is 4.90 Å². The molecule has 0 aromatic heterocycles. The Morgan fingerprint density at radius 2 is 1.88 bits per heavy atom. The van der Waals surface area contributed by atoms with Crippen molar-refractivity contribution in [2.45, 2.75) is 29.8 Å². The Hall–Kier alpha value is -2.44. The van der Waals surface area contributed by atoms with E-state index in [-0.39, 0.29) is 11.2 Å². The smallest absolute Gasteiger partial charge is 0.340 e. The summed E-state index contributed by atoms with van der Waals surface area (Å²) < 4.78 is 11.4. The Balaban J connectivity index is 1.81. The van der Waals surface area contributed by atoms with E-state index in [1.165, 1.54) is 5.56 Å². The van der Waals surface area contributed by atoms with Crippen molar-refractivity contribution in [2.75, 3.05) is 6.61 Å². The molecule has 1 fully saturated rings. The summed E-state index contributed by atoms with van der Waals surface area (Å²) in [7, 11) is -0.651. The molecule has 0 saturated carbocycles. The second-order valence-electron chi connectivity index (χ2n) is 6.30. The molecule has 2 aromatic carbocycles. The first kappa shape index (κ1) is 18.4. The SMILES string of the molecule is C#CC1COC(OC(=O)c2ccccc2)C([S-](#C)c2ccc(C)cc2)C1. The molecule has 1 heterocycles. The van der Waals surface area contributed by atoms with E-state index >= 15 is 0 Å². The van der Waals surface area contributed by atoms with Gasteiger partial charge < -0.3 is 25.5 Å². The Morgan fingerprint density at radius 3 is 2.54 bits per heavy atom. The van der Waals surface area contributed by atoms with Crippen LogP contribution in [0.25, 0.3) is 0 Å². The molecule has 0 amide bonds. The van der Waals surface area contributed by atoms with Gasteiger partial charge in [-0.25, -0.2) is 4.79 Å². The largest absolute Gasteiger partial charge is 0.434 e. The molecule has 3 unspecified atom stereocenters. The second-order valence-corrected chi connectivity index (χ2v) is 8.12. The van der Waals surface area contributed by atoms with Crippen LogP contribution in [0.1, 0.15) is 22.3 Å². The quantitative estimate of drug-likeness (QED) is 0.462. The van der Waals surface area contributed by atoms with Gasteiger partial charge >= 0.3 is 5.97 Å². The Bertz CT molecular complexity index is 872. The summed E-state index contributed by atoms with van der Waals surface area (Å²) in [6.07, 6.45) is 5.54. The van der Waals surface area contributed by atoms with Crippen LogP contribution < -0.4 is 0 Å². The fourth-order valence-electron chi connectivity index (χ4n) is 2.85. The lowest BCUT2D eigenvalue weighted by Gasteiger charge is -2.41. The van der Waals surface area contributed by atoms with E-state index in [4.69, 9.17) is 21.6 Å². The number of hydrogen-bond acceptors (Lipinski definition) is 4. The lowest BCUT2D eigenvalue weighted by Crippen LogP contribution is -2.43. The summed E-state index contributed by atoms with van der Waals surface area (Å²) in [6, 6.07) is 16.9. The first-order valence-corrected chi connectivity index (χ1v) is 9.81. The molecule has 1 aliphatic heterocycles. The van der Waals surface area contributed by atoms with Crippen molar-refractivity contribution >= 4 is 16.3 Å². The minimum Gasteiger partial charge on any atom is -0.434 e. The van der Waals surface area contributed by atoms with Crippen LogP contribution in [-0.2, 0) is 19.8 Å². The Labute approximate surface area is 156 Å². The minimum absolute atomic E-state index is 0.0318. The molecule has 2 aromatic rings. The maximum absolute atomic E-state index is 12.4. The molecule has 1 aliphatic rings. The van der Waals surface area contributed by atoms with Gasteiger partial charge in [-0.15, -0.1) is 17.2 Å². The number of esters is 1. The molecule has 0 bridgehead atoms. The molecule has 3 nitrogen and oxygen atoms in total. The van der Waals surface area contributed by atoms with Gasteiger partial charge in [0.25, 0.3) is 0 Å². The molecule has 0 spiro atoms. The van der Waals surface area contributed by atoms with Gasteiger partial charge in [-0.1, -0.05) is 53.3 Å². The molecular formula is C22H21O3S-. The van der Waals surface area contributed by atoms with Gasteiger partial charge in [0.15, 0.2) is 6.29 Å². The van der Waals surface area contributed by atoms with Crippen LogP contribution in [-0.4, -0.2) is 24.1 Å². The topological polar surface area (TPSA) is 35.5 Å². The normalized spacial score (nSPS) is 22.5. The standard InChI is InChI=1S/C22H21O3S/c1-4-17-14-20(26(3)19-12-10-16(2)11-13-19)22(24-15-17)25-21(23)18-8-6-5-7-9-18/h1,3,5-13,17,20,22H,14-15H2,2H3/q-1. The molecule has 0 radical (unpaired) electrons. The summed E-state index contributed by atoms with van der Waals surface area (Å²) in [6.45, 7) is 2.39. The van der Waals surface area contributed by atoms with E-state index in [2.05, 4.69) is 5.92 Å². The highest BCUT2D eigenvalue weighted by molar-refractivity contribution is 7.87. The third kappa shape index (κ3) is 4.20. The number of aryl methyl sites for hydroxylation is 1. The van der Waals surface area contributed by atoms with E-state index < -0.39 is 22.6 Å². The second kappa shape index (κ2) is 8.29. The lowest BCUT2D eigenvalue weighted by molar-refractivity contribution is -0.135. The number of benzene rings is 2. The average Bonchev–Trinajstić information content (AvgIpc) is 2.69. The zero-order valence-corrected chi connectivity index (χ0v) is 15.4. The predicted octanol–water partition coefficient (Wildman–Crippen LogP) is 3.78. The summed E-state index contributed by atoms with van der Waals surface area (Å²) in [5, 5.41) is -0.180. The van der Waals surface area contributed by atoms with Crippen LogP contribution in [0.4, 0.5) is 0 Å². The summed E-state index contributed by atoms with van der Waals surface area (Å²) in [5.41, 5.74) is 8.18. The fraction of sp³-hybridized carbons (Fsp3) is 0.273. The molecular weight excluding hydrogens is 344 g/mol. The first-order valence-electron chi connectivity index (χ1n) is 8.46. The van der Waals surface area contributed by atoms with Crippen LogP contribution in [0.3, 0.4) is 0 Å². The van der Waals surface area contributed by atoms with Crippen molar-refractivity contribution in [1.29, 1.82) is 0 Å². The van der Waals surface area contributed by atoms with Crippen LogP contribution in [0.2, 0.25) is 0 Å². The molecule has 3 rings (SSSR count). The van der Waals surface area contributed by atoms with Crippen molar-refractivity contribution in [3.05, 3.63) is 65.7 Å². The summed E-state index contributed by atoms with van der Waals surface area (Å²) in [5.74, 6) is 2.29. The van der Waals surface area contributed by atoms with Gasteiger partial charge in [-0.2, -0.15) is 0 Å².